The number of pyridine rings is 1. The van der Waals surface area contributed by atoms with E-state index in [1.54, 1.807) is 36.3 Å². The molecule has 4 rings (SSSR count). The van der Waals surface area contributed by atoms with E-state index < -0.39 is 5.97 Å². The lowest BCUT2D eigenvalue weighted by Gasteiger charge is -2.31. The van der Waals surface area contributed by atoms with Gasteiger partial charge >= 0.3 is 5.97 Å². The predicted molar refractivity (Wildman–Crippen MR) is 142 cm³/mol. The Labute approximate surface area is 222 Å². The molecule has 2 heterocycles. The molecule has 1 aliphatic rings. The first-order chi connectivity index (χ1) is 17.2. The number of benzene rings is 2. The third-order valence-corrected chi connectivity index (χ3v) is 6.84. The van der Waals surface area contributed by atoms with Crippen molar-refractivity contribution in [3.05, 3.63) is 91.7 Å². The van der Waals surface area contributed by atoms with Gasteiger partial charge in [-0.05, 0) is 47.4 Å². The Morgan fingerprint density at radius 3 is 2.47 bits per heavy atom. The van der Waals surface area contributed by atoms with Crippen LogP contribution in [0.3, 0.4) is 0 Å². The van der Waals surface area contributed by atoms with Crippen molar-refractivity contribution in [2.75, 3.05) is 13.6 Å². The number of carbonyl (C=O) groups excluding carboxylic acids is 1. The molecule has 1 aromatic heterocycles. The molecule has 0 saturated heterocycles. The largest absolute Gasteiger partial charge is 0.478 e. The second-order valence-corrected chi connectivity index (χ2v) is 9.28. The molecule has 0 atom stereocenters. The zero-order chi connectivity index (χ0) is 26.0. The highest BCUT2D eigenvalue weighted by Gasteiger charge is 2.27. The van der Waals surface area contributed by atoms with Gasteiger partial charge in [-0.15, -0.1) is 0 Å². The summed E-state index contributed by atoms with van der Waals surface area (Å²) in [6.07, 6.45) is 3.39. The van der Waals surface area contributed by atoms with Crippen molar-refractivity contribution in [3.8, 4) is 11.3 Å². The molecule has 2 aromatic carbocycles. The van der Waals surface area contributed by atoms with Gasteiger partial charge in [0.2, 0.25) is 0 Å². The van der Waals surface area contributed by atoms with Crippen LogP contribution in [0.2, 0.25) is 15.2 Å². The fraction of sp³-hybridized carbons (Fsp3) is 0.154. The summed E-state index contributed by atoms with van der Waals surface area (Å²) < 4.78 is 0. The van der Waals surface area contributed by atoms with Gasteiger partial charge in [0.1, 0.15) is 5.15 Å². The van der Waals surface area contributed by atoms with Gasteiger partial charge in [-0.3, -0.25) is 4.79 Å². The van der Waals surface area contributed by atoms with E-state index in [4.69, 9.17) is 40.2 Å². The van der Waals surface area contributed by atoms with Crippen LogP contribution in [-0.4, -0.2) is 46.7 Å². The van der Waals surface area contributed by atoms with Crippen molar-refractivity contribution in [1.82, 2.24) is 15.2 Å². The maximum atomic E-state index is 13.4. The molecule has 7 nitrogen and oxygen atoms in total. The highest BCUT2D eigenvalue weighted by molar-refractivity contribution is 6.40. The second-order valence-electron chi connectivity index (χ2n) is 8.11. The predicted octanol–water partition coefficient (Wildman–Crippen LogP) is 5.82. The number of halogens is 3. The number of nitrogens with one attached hydrogen (secondary N) is 2. The minimum absolute atomic E-state index is 0.0593. The Hall–Kier alpha value is -3.39. The van der Waals surface area contributed by atoms with E-state index in [2.05, 4.69) is 10.3 Å². The van der Waals surface area contributed by atoms with E-state index in [1.165, 1.54) is 12.3 Å². The molecule has 184 valence electrons. The van der Waals surface area contributed by atoms with E-state index in [0.29, 0.717) is 36.3 Å². The molecule has 10 heteroatoms. The molecule has 0 unspecified atom stereocenters. The van der Waals surface area contributed by atoms with Crippen LogP contribution in [0.1, 0.15) is 37.4 Å². The summed E-state index contributed by atoms with van der Waals surface area (Å²) in [6.45, 7) is 0.784. The molecule has 3 N–H and O–H groups in total. The lowest BCUT2D eigenvalue weighted by molar-refractivity contribution is 0.0695. The van der Waals surface area contributed by atoms with E-state index in [9.17, 15) is 14.7 Å². The van der Waals surface area contributed by atoms with Crippen molar-refractivity contribution in [2.24, 2.45) is 0 Å². The summed E-state index contributed by atoms with van der Waals surface area (Å²) in [5, 5.41) is 20.0. The van der Waals surface area contributed by atoms with Gasteiger partial charge in [0.25, 0.3) is 5.91 Å². The van der Waals surface area contributed by atoms with Crippen molar-refractivity contribution in [3.63, 3.8) is 0 Å². The number of amides is 1. The zero-order valence-corrected chi connectivity index (χ0v) is 21.4. The number of nitrogens with zero attached hydrogens (tertiary/aromatic N) is 2. The molecular formula is C26H21Cl3N4O3. The zero-order valence-electron chi connectivity index (χ0n) is 19.1. The SMILES string of the molecule is CN/C=C(\C=N)c1cc(Cl)c(C(=O)N2CCc3c(cccc3-c3ccc(C(=O)O)c(Cl)n3)C2)c(Cl)c1. The molecule has 0 fully saturated rings. The van der Waals surface area contributed by atoms with Crippen LogP contribution in [0.5, 0.6) is 0 Å². The second kappa shape index (κ2) is 10.7. The minimum Gasteiger partial charge on any atom is -0.478 e. The Kier molecular flexibility index (Phi) is 7.64. The number of carboxylic acids is 1. The summed E-state index contributed by atoms with van der Waals surface area (Å²) >= 11 is 19.1. The molecule has 1 amide bonds. The number of carbonyl (C=O) groups is 2. The van der Waals surface area contributed by atoms with Crippen molar-refractivity contribution in [2.45, 2.75) is 13.0 Å². The highest BCUT2D eigenvalue weighted by Crippen LogP contribution is 2.34. The molecular weight excluding hydrogens is 523 g/mol. The monoisotopic (exact) mass is 542 g/mol. The van der Waals surface area contributed by atoms with Crippen LogP contribution in [0.25, 0.3) is 16.8 Å². The summed E-state index contributed by atoms with van der Waals surface area (Å²) in [5.41, 5.74) is 4.73. The van der Waals surface area contributed by atoms with Gasteiger partial charge in [0.05, 0.1) is 26.9 Å². The van der Waals surface area contributed by atoms with Gasteiger partial charge in [-0.1, -0.05) is 53.0 Å². The van der Waals surface area contributed by atoms with Crippen molar-refractivity contribution in [1.29, 1.82) is 5.41 Å². The number of aromatic nitrogens is 1. The first-order valence-corrected chi connectivity index (χ1v) is 12.1. The minimum atomic E-state index is -1.14. The first kappa shape index (κ1) is 25.7. The Morgan fingerprint density at radius 1 is 1.14 bits per heavy atom. The molecule has 0 saturated carbocycles. The van der Waals surface area contributed by atoms with E-state index in [-0.39, 0.29) is 32.2 Å². The number of rotatable bonds is 6. The molecule has 0 spiro atoms. The Morgan fingerprint density at radius 2 is 1.86 bits per heavy atom. The van der Waals surface area contributed by atoms with E-state index >= 15 is 0 Å². The number of carboxylic acid groups (broad SMARTS) is 1. The topological polar surface area (TPSA) is 106 Å². The Bertz CT molecular complexity index is 1400. The highest BCUT2D eigenvalue weighted by atomic mass is 35.5. The molecule has 1 aliphatic heterocycles. The van der Waals surface area contributed by atoms with Crippen LogP contribution in [0.4, 0.5) is 0 Å². The normalized spacial score (nSPS) is 13.2. The summed E-state index contributed by atoms with van der Waals surface area (Å²) in [6, 6.07) is 12.0. The smallest absolute Gasteiger partial charge is 0.338 e. The average molecular weight is 544 g/mol. The lowest BCUT2D eigenvalue weighted by Crippen LogP contribution is -2.36. The van der Waals surface area contributed by atoms with Gasteiger partial charge in [-0.25, -0.2) is 9.78 Å². The molecule has 0 aliphatic carbocycles. The third-order valence-electron chi connectivity index (χ3n) is 5.95. The Balaban J connectivity index is 1.63. The van der Waals surface area contributed by atoms with Crippen LogP contribution < -0.4 is 5.32 Å². The summed E-state index contributed by atoms with van der Waals surface area (Å²) in [5.74, 6) is -1.42. The third kappa shape index (κ3) is 4.95. The average Bonchev–Trinajstić information content (AvgIpc) is 2.85. The van der Waals surface area contributed by atoms with Crippen LogP contribution in [0.15, 0.2) is 48.7 Å². The number of hydrogen-bond donors (Lipinski definition) is 3. The molecule has 0 radical (unpaired) electrons. The lowest BCUT2D eigenvalue weighted by atomic mass is 9.92. The van der Waals surface area contributed by atoms with E-state index in [0.717, 1.165) is 16.7 Å². The molecule has 3 aromatic rings. The van der Waals surface area contributed by atoms with Gasteiger partial charge < -0.3 is 20.7 Å². The summed E-state index contributed by atoms with van der Waals surface area (Å²) in [7, 11) is 1.72. The first-order valence-electron chi connectivity index (χ1n) is 10.9. The number of aromatic carboxylic acids is 1. The number of allylic oxidation sites excluding steroid dienone is 1. The van der Waals surface area contributed by atoms with Gasteiger partial charge in [0.15, 0.2) is 0 Å². The van der Waals surface area contributed by atoms with Crippen LogP contribution in [-0.2, 0) is 13.0 Å². The van der Waals surface area contributed by atoms with Crippen LogP contribution >= 0.6 is 34.8 Å². The van der Waals surface area contributed by atoms with Crippen molar-refractivity contribution < 1.29 is 14.7 Å². The number of fused-ring (bicyclic) bond motifs is 1. The fourth-order valence-corrected chi connectivity index (χ4v) is 5.12. The van der Waals surface area contributed by atoms with E-state index in [1.807, 2.05) is 18.2 Å². The van der Waals surface area contributed by atoms with Crippen molar-refractivity contribution >= 4 is 58.5 Å². The maximum absolute atomic E-state index is 13.4. The van der Waals surface area contributed by atoms with Crippen LogP contribution in [0, 0.1) is 5.41 Å². The van der Waals surface area contributed by atoms with Gasteiger partial charge in [0, 0.05) is 43.7 Å². The molecule has 36 heavy (non-hydrogen) atoms. The molecule has 0 bridgehead atoms. The number of hydrogen-bond acceptors (Lipinski definition) is 5. The fourth-order valence-electron chi connectivity index (χ4n) is 4.23. The van der Waals surface area contributed by atoms with Gasteiger partial charge in [-0.2, -0.15) is 0 Å². The maximum Gasteiger partial charge on any atom is 0.338 e. The summed E-state index contributed by atoms with van der Waals surface area (Å²) in [4.78, 5) is 30.7. The quantitative estimate of drug-likeness (QED) is 0.268. The standard InChI is InChI=1S/C26H21Cl3N4O3/c1-31-12-16(11-30)15-9-20(27)23(21(28)10-15)25(34)33-8-7-17-14(13-33)3-2-4-18(17)22-6-5-19(26(35)36)24(29)32-22/h2-6,9-12,30-31H,7-8,13H2,1H3,(H,35,36)/b16-12+,30-11?.